The van der Waals surface area contributed by atoms with Gasteiger partial charge >= 0.3 is 0 Å². The standard InChI is InChI=1S/C10H9BrN2O/c11-9-1-2-10-8(4-9)3-7(5-12-10)6-13-14/h1-5,13-14H,6H2. The van der Waals surface area contributed by atoms with Gasteiger partial charge in [0.1, 0.15) is 0 Å². The van der Waals surface area contributed by atoms with Crippen LogP contribution < -0.4 is 5.48 Å². The summed E-state index contributed by atoms with van der Waals surface area (Å²) in [5.74, 6) is 0. The first-order valence-electron chi connectivity index (χ1n) is 4.21. The van der Waals surface area contributed by atoms with Crippen molar-refractivity contribution in [1.82, 2.24) is 10.5 Å². The molecule has 0 radical (unpaired) electrons. The van der Waals surface area contributed by atoms with Crippen molar-refractivity contribution in [3.63, 3.8) is 0 Å². The van der Waals surface area contributed by atoms with Crippen molar-refractivity contribution in [3.05, 3.63) is 40.5 Å². The molecule has 1 aromatic heterocycles. The number of fused-ring (bicyclic) bond motifs is 1. The average molecular weight is 253 g/mol. The fraction of sp³-hybridized carbons (Fsp3) is 0.100. The van der Waals surface area contributed by atoms with Gasteiger partial charge in [0, 0.05) is 22.6 Å². The molecule has 2 aromatic rings. The largest absolute Gasteiger partial charge is 0.316 e. The van der Waals surface area contributed by atoms with Gasteiger partial charge in [-0.05, 0) is 29.8 Å². The summed E-state index contributed by atoms with van der Waals surface area (Å²) in [5, 5.41) is 9.62. The summed E-state index contributed by atoms with van der Waals surface area (Å²) in [6.45, 7) is 0.412. The van der Waals surface area contributed by atoms with Gasteiger partial charge in [0.15, 0.2) is 0 Å². The van der Waals surface area contributed by atoms with E-state index < -0.39 is 0 Å². The van der Waals surface area contributed by atoms with E-state index in [4.69, 9.17) is 5.21 Å². The molecule has 1 heterocycles. The van der Waals surface area contributed by atoms with Crippen LogP contribution in [0, 0.1) is 0 Å². The smallest absolute Gasteiger partial charge is 0.0702 e. The predicted molar refractivity (Wildman–Crippen MR) is 58.1 cm³/mol. The molecule has 0 aliphatic carbocycles. The van der Waals surface area contributed by atoms with E-state index in [0.717, 1.165) is 20.9 Å². The summed E-state index contributed by atoms with van der Waals surface area (Å²) < 4.78 is 1.03. The molecule has 0 saturated carbocycles. The van der Waals surface area contributed by atoms with Crippen LogP contribution in [0.4, 0.5) is 0 Å². The SMILES string of the molecule is ONCc1cnc2ccc(Br)cc2c1. The molecular formula is C10H9BrN2O. The number of nitrogens with zero attached hydrogens (tertiary/aromatic N) is 1. The lowest BCUT2D eigenvalue weighted by atomic mass is 10.1. The Bertz CT molecular complexity index is 459. The molecule has 2 N–H and O–H groups in total. The lowest BCUT2D eigenvalue weighted by Gasteiger charge is -2.01. The van der Waals surface area contributed by atoms with Crippen LogP contribution in [0.1, 0.15) is 5.56 Å². The maximum Gasteiger partial charge on any atom is 0.0702 e. The van der Waals surface area contributed by atoms with Crippen molar-refractivity contribution in [3.8, 4) is 0 Å². The van der Waals surface area contributed by atoms with Gasteiger partial charge in [-0.25, -0.2) is 5.48 Å². The number of hydrogen-bond donors (Lipinski definition) is 2. The quantitative estimate of drug-likeness (QED) is 0.808. The monoisotopic (exact) mass is 252 g/mol. The lowest BCUT2D eigenvalue weighted by Crippen LogP contribution is -2.06. The van der Waals surface area contributed by atoms with Gasteiger partial charge in [0.25, 0.3) is 0 Å². The first-order valence-corrected chi connectivity index (χ1v) is 5.00. The third kappa shape index (κ3) is 1.92. The molecule has 3 nitrogen and oxygen atoms in total. The number of rotatable bonds is 2. The van der Waals surface area contributed by atoms with Crippen LogP contribution in [0.3, 0.4) is 0 Å². The number of halogens is 1. The van der Waals surface area contributed by atoms with Crippen molar-refractivity contribution in [2.75, 3.05) is 0 Å². The Hall–Kier alpha value is -0.970. The molecule has 1 aromatic carbocycles. The van der Waals surface area contributed by atoms with Crippen LogP contribution in [0.5, 0.6) is 0 Å². The van der Waals surface area contributed by atoms with E-state index in [0.29, 0.717) is 6.54 Å². The third-order valence-electron chi connectivity index (χ3n) is 1.98. The molecule has 0 fully saturated rings. The molecule has 0 saturated heterocycles. The van der Waals surface area contributed by atoms with E-state index in [2.05, 4.69) is 26.4 Å². The lowest BCUT2D eigenvalue weighted by molar-refractivity contribution is 0.161. The van der Waals surface area contributed by atoms with E-state index >= 15 is 0 Å². The highest BCUT2D eigenvalue weighted by molar-refractivity contribution is 9.10. The van der Waals surface area contributed by atoms with Crippen LogP contribution in [-0.2, 0) is 6.54 Å². The second-order valence-electron chi connectivity index (χ2n) is 3.02. The number of hydroxylamine groups is 1. The summed E-state index contributed by atoms with van der Waals surface area (Å²) >= 11 is 3.40. The van der Waals surface area contributed by atoms with Crippen molar-refractivity contribution >= 4 is 26.8 Å². The molecule has 2 rings (SSSR count). The summed E-state index contributed by atoms with van der Waals surface area (Å²) in [5.41, 5.74) is 4.02. The fourth-order valence-corrected chi connectivity index (χ4v) is 1.71. The highest BCUT2D eigenvalue weighted by Gasteiger charge is 1.98. The second-order valence-corrected chi connectivity index (χ2v) is 3.93. The molecule has 0 unspecified atom stereocenters. The molecule has 0 bridgehead atoms. The maximum absolute atomic E-state index is 8.56. The second kappa shape index (κ2) is 4.04. The van der Waals surface area contributed by atoms with E-state index in [1.165, 1.54) is 0 Å². The number of benzene rings is 1. The molecule has 0 aliphatic heterocycles. The van der Waals surface area contributed by atoms with Gasteiger partial charge in [0.05, 0.1) is 5.52 Å². The minimum atomic E-state index is 0.412. The number of aromatic nitrogens is 1. The highest BCUT2D eigenvalue weighted by atomic mass is 79.9. The number of hydrogen-bond acceptors (Lipinski definition) is 3. The van der Waals surface area contributed by atoms with E-state index in [1.807, 2.05) is 24.3 Å². The molecule has 4 heteroatoms. The molecule has 0 spiro atoms. The van der Waals surface area contributed by atoms with E-state index in [-0.39, 0.29) is 0 Å². The first kappa shape index (κ1) is 9.58. The molecular weight excluding hydrogens is 244 g/mol. The van der Waals surface area contributed by atoms with Crippen LogP contribution in [-0.4, -0.2) is 10.2 Å². The molecule has 0 atom stereocenters. The van der Waals surface area contributed by atoms with Crippen molar-refractivity contribution < 1.29 is 5.21 Å². The van der Waals surface area contributed by atoms with Crippen molar-refractivity contribution in [2.24, 2.45) is 0 Å². The summed E-state index contributed by atoms with van der Waals surface area (Å²) in [4.78, 5) is 4.27. The Kier molecular flexibility index (Phi) is 2.77. The average Bonchev–Trinajstić information content (AvgIpc) is 2.17. The summed E-state index contributed by atoms with van der Waals surface area (Å²) in [6, 6.07) is 7.91. The Labute approximate surface area is 89.9 Å². The Balaban J connectivity index is 2.52. The maximum atomic E-state index is 8.56. The Morgan fingerprint density at radius 3 is 3.00 bits per heavy atom. The molecule has 0 aliphatic rings. The number of nitrogens with one attached hydrogen (secondary N) is 1. The highest BCUT2D eigenvalue weighted by Crippen LogP contribution is 2.18. The third-order valence-corrected chi connectivity index (χ3v) is 2.48. The molecule has 14 heavy (non-hydrogen) atoms. The zero-order chi connectivity index (χ0) is 9.97. The minimum absolute atomic E-state index is 0.412. The van der Waals surface area contributed by atoms with Crippen LogP contribution in [0.25, 0.3) is 10.9 Å². The van der Waals surface area contributed by atoms with E-state index in [9.17, 15) is 0 Å². The van der Waals surface area contributed by atoms with Gasteiger partial charge in [-0.1, -0.05) is 15.9 Å². The molecule has 72 valence electrons. The van der Waals surface area contributed by atoms with Crippen molar-refractivity contribution in [2.45, 2.75) is 6.54 Å². The van der Waals surface area contributed by atoms with Crippen LogP contribution >= 0.6 is 15.9 Å². The zero-order valence-corrected chi connectivity index (χ0v) is 8.95. The van der Waals surface area contributed by atoms with Gasteiger partial charge in [-0.15, -0.1) is 0 Å². The van der Waals surface area contributed by atoms with Gasteiger partial charge in [-0.2, -0.15) is 0 Å². The zero-order valence-electron chi connectivity index (χ0n) is 7.37. The molecule has 0 amide bonds. The summed E-state index contributed by atoms with van der Waals surface area (Å²) in [6.07, 6.45) is 1.75. The topological polar surface area (TPSA) is 45.1 Å². The minimum Gasteiger partial charge on any atom is -0.316 e. The predicted octanol–water partition coefficient (Wildman–Crippen LogP) is 2.48. The fourth-order valence-electron chi connectivity index (χ4n) is 1.34. The normalized spacial score (nSPS) is 10.7. The number of pyridine rings is 1. The van der Waals surface area contributed by atoms with E-state index in [1.54, 1.807) is 6.20 Å². The van der Waals surface area contributed by atoms with Crippen molar-refractivity contribution in [1.29, 1.82) is 0 Å². The Morgan fingerprint density at radius 1 is 1.36 bits per heavy atom. The summed E-state index contributed by atoms with van der Waals surface area (Å²) in [7, 11) is 0. The van der Waals surface area contributed by atoms with Crippen LogP contribution in [0.15, 0.2) is 34.9 Å². The van der Waals surface area contributed by atoms with Gasteiger partial charge in [-0.3, -0.25) is 4.98 Å². The van der Waals surface area contributed by atoms with Gasteiger partial charge in [0.2, 0.25) is 0 Å². The van der Waals surface area contributed by atoms with Gasteiger partial charge < -0.3 is 5.21 Å². The van der Waals surface area contributed by atoms with Crippen LogP contribution in [0.2, 0.25) is 0 Å². The Morgan fingerprint density at radius 2 is 2.21 bits per heavy atom. The first-order chi connectivity index (χ1) is 6.79.